The Kier molecular flexibility index (Phi) is 4.29. The molecule has 2 rings (SSSR count). The molecular formula is C13H22N2O4. The van der Waals surface area contributed by atoms with E-state index in [0.717, 1.165) is 32.1 Å². The summed E-state index contributed by atoms with van der Waals surface area (Å²) >= 11 is 0. The third kappa shape index (κ3) is 3.59. The second-order valence-electron chi connectivity index (χ2n) is 5.63. The summed E-state index contributed by atoms with van der Waals surface area (Å²) < 4.78 is 5.39. The lowest BCUT2D eigenvalue weighted by atomic mass is 9.93. The molecule has 6 nitrogen and oxygen atoms in total. The molecule has 2 unspecified atom stereocenters. The van der Waals surface area contributed by atoms with Crippen LogP contribution in [-0.2, 0) is 9.53 Å². The summed E-state index contributed by atoms with van der Waals surface area (Å²) in [5.41, 5.74) is -0.571. The zero-order valence-electron chi connectivity index (χ0n) is 11.3. The van der Waals surface area contributed by atoms with Gasteiger partial charge < -0.3 is 20.5 Å². The molecule has 19 heavy (non-hydrogen) atoms. The first-order valence-corrected chi connectivity index (χ1v) is 6.93. The van der Waals surface area contributed by atoms with E-state index >= 15 is 0 Å². The number of urea groups is 1. The maximum atomic E-state index is 12.0. The zero-order valence-corrected chi connectivity index (χ0v) is 11.3. The normalized spacial score (nSPS) is 29.1. The van der Waals surface area contributed by atoms with Crippen LogP contribution in [0, 0.1) is 0 Å². The Balaban J connectivity index is 1.90. The molecule has 0 aromatic carbocycles. The maximum absolute atomic E-state index is 12.0. The van der Waals surface area contributed by atoms with Gasteiger partial charge >= 0.3 is 12.0 Å². The lowest BCUT2D eigenvalue weighted by molar-refractivity contribution is -0.138. The van der Waals surface area contributed by atoms with Crippen LogP contribution in [0.15, 0.2) is 0 Å². The van der Waals surface area contributed by atoms with Crippen molar-refractivity contribution < 1.29 is 19.4 Å². The quantitative estimate of drug-likeness (QED) is 0.717. The molecule has 1 saturated heterocycles. The topological polar surface area (TPSA) is 87.7 Å². The van der Waals surface area contributed by atoms with Gasteiger partial charge in [-0.1, -0.05) is 12.8 Å². The van der Waals surface area contributed by atoms with Gasteiger partial charge in [-0.3, -0.25) is 4.79 Å². The number of hydrogen-bond acceptors (Lipinski definition) is 3. The third-order valence-electron chi connectivity index (χ3n) is 4.12. The van der Waals surface area contributed by atoms with Crippen molar-refractivity contribution in [3.8, 4) is 0 Å². The van der Waals surface area contributed by atoms with E-state index in [-0.39, 0.29) is 24.6 Å². The Morgan fingerprint density at radius 2 is 2.05 bits per heavy atom. The second-order valence-corrected chi connectivity index (χ2v) is 5.63. The number of rotatable bonds is 4. The molecule has 2 amide bonds. The Hall–Kier alpha value is -1.30. The molecule has 1 heterocycles. The summed E-state index contributed by atoms with van der Waals surface area (Å²) in [6, 6.07) is -0.256. The molecule has 2 fully saturated rings. The highest BCUT2D eigenvalue weighted by atomic mass is 16.5. The van der Waals surface area contributed by atoms with Crippen LogP contribution in [0.25, 0.3) is 0 Å². The number of amides is 2. The molecule has 0 bridgehead atoms. The molecule has 1 saturated carbocycles. The molecule has 1 aliphatic heterocycles. The Bertz CT molecular complexity index is 353. The van der Waals surface area contributed by atoms with Crippen LogP contribution in [0.5, 0.6) is 0 Å². The fourth-order valence-corrected chi connectivity index (χ4v) is 3.05. The largest absolute Gasteiger partial charge is 0.481 e. The van der Waals surface area contributed by atoms with Crippen molar-refractivity contribution in [1.29, 1.82) is 0 Å². The summed E-state index contributed by atoms with van der Waals surface area (Å²) in [5, 5.41) is 14.8. The van der Waals surface area contributed by atoms with Gasteiger partial charge in [-0.25, -0.2) is 4.79 Å². The van der Waals surface area contributed by atoms with Gasteiger partial charge in [0, 0.05) is 6.61 Å². The van der Waals surface area contributed by atoms with Crippen LogP contribution in [0.3, 0.4) is 0 Å². The molecular weight excluding hydrogens is 248 g/mol. The summed E-state index contributed by atoms with van der Waals surface area (Å²) in [6.07, 6.45) is 4.24. The molecule has 108 valence electrons. The maximum Gasteiger partial charge on any atom is 0.315 e. The molecule has 2 aliphatic rings. The lowest BCUT2D eigenvalue weighted by Gasteiger charge is -2.29. The van der Waals surface area contributed by atoms with Crippen LogP contribution >= 0.6 is 0 Å². The second kappa shape index (κ2) is 5.77. The molecule has 0 radical (unpaired) electrons. The molecule has 0 aromatic rings. The molecule has 6 heteroatoms. The summed E-state index contributed by atoms with van der Waals surface area (Å²) in [5.74, 6) is -0.861. The SMILES string of the molecule is CC1OCCC1NC(=O)NC1(CC(=O)O)CCCC1. The predicted octanol–water partition coefficient (Wildman–Crippen LogP) is 1.25. The van der Waals surface area contributed by atoms with Crippen molar-refractivity contribution in [2.24, 2.45) is 0 Å². The van der Waals surface area contributed by atoms with E-state index < -0.39 is 11.5 Å². The van der Waals surface area contributed by atoms with Crippen molar-refractivity contribution >= 4 is 12.0 Å². The number of hydrogen-bond donors (Lipinski definition) is 3. The van der Waals surface area contributed by atoms with Gasteiger partial charge in [-0.05, 0) is 26.2 Å². The van der Waals surface area contributed by atoms with E-state index in [0.29, 0.717) is 6.61 Å². The van der Waals surface area contributed by atoms with Crippen molar-refractivity contribution in [1.82, 2.24) is 10.6 Å². The Morgan fingerprint density at radius 1 is 1.37 bits per heavy atom. The van der Waals surface area contributed by atoms with Gasteiger partial charge in [-0.2, -0.15) is 0 Å². The zero-order chi connectivity index (χ0) is 13.9. The number of nitrogens with one attached hydrogen (secondary N) is 2. The van der Waals surface area contributed by atoms with E-state index in [9.17, 15) is 9.59 Å². The summed E-state index contributed by atoms with van der Waals surface area (Å²) in [7, 11) is 0. The predicted molar refractivity (Wildman–Crippen MR) is 68.9 cm³/mol. The minimum atomic E-state index is -0.861. The van der Waals surface area contributed by atoms with Gasteiger partial charge in [0.2, 0.25) is 0 Å². The van der Waals surface area contributed by atoms with Crippen LogP contribution < -0.4 is 10.6 Å². The highest BCUT2D eigenvalue weighted by Crippen LogP contribution is 2.32. The van der Waals surface area contributed by atoms with Crippen LogP contribution in [0.2, 0.25) is 0 Å². The minimum Gasteiger partial charge on any atom is -0.481 e. The summed E-state index contributed by atoms with van der Waals surface area (Å²) in [6.45, 7) is 2.59. The number of carbonyl (C=O) groups excluding carboxylic acids is 1. The van der Waals surface area contributed by atoms with E-state index in [1.807, 2.05) is 6.92 Å². The van der Waals surface area contributed by atoms with E-state index in [2.05, 4.69) is 10.6 Å². The number of carboxylic acid groups (broad SMARTS) is 1. The monoisotopic (exact) mass is 270 g/mol. The molecule has 0 aromatic heterocycles. The van der Waals surface area contributed by atoms with Gasteiger partial charge in [0.15, 0.2) is 0 Å². The molecule has 1 aliphatic carbocycles. The Labute approximate surface area is 112 Å². The van der Waals surface area contributed by atoms with E-state index in [4.69, 9.17) is 9.84 Å². The average Bonchev–Trinajstić information content (AvgIpc) is 2.89. The van der Waals surface area contributed by atoms with Crippen LogP contribution in [0.4, 0.5) is 4.79 Å². The number of aliphatic carboxylic acids is 1. The van der Waals surface area contributed by atoms with E-state index in [1.54, 1.807) is 0 Å². The van der Waals surface area contributed by atoms with Crippen LogP contribution in [0.1, 0.15) is 45.4 Å². The highest BCUT2D eigenvalue weighted by Gasteiger charge is 2.38. The fourth-order valence-electron chi connectivity index (χ4n) is 3.05. The standard InChI is InChI=1S/C13H22N2O4/c1-9-10(4-7-19-9)14-12(18)15-13(8-11(16)17)5-2-3-6-13/h9-10H,2-8H2,1H3,(H,16,17)(H2,14,15,18). The van der Waals surface area contributed by atoms with E-state index in [1.165, 1.54) is 0 Å². The molecule has 3 N–H and O–H groups in total. The van der Waals surface area contributed by atoms with Gasteiger partial charge in [0.25, 0.3) is 0 Å². The van der Waals surface area contributed by atoms with Crippen molar-refractivity contribution in [3.63, 3.8) is 0 Å². The van der Waals surface area contributed by atoms with Gasteiger partial charge in [0.05, 0.1) is 24.1 Å². The first kappa shape index (κ1) is 14.1. The van der Waals surface area contributed by atoms with Crippen molar-refractivity contribution in [3.05, 3.63) is 0 Å². The van der Waals surface area contributed by atoms with Crippen molar-refractivity contribution in [2.75, 3.05) is 6.61 Å². The third-order valence-corrected chi connectivity index (χ3v) is 4.12. The molecule has 2 atom stereocenters. The lowest BCUT2D eigenvalue weighted by Crippen LogP contribution is -2.54. The number of carboxylic acids is 1. The van der Waals surface area contributed by atoms with Gasteiger partial charge in [-0.15, -0.1) is 0 Å². The minimum absolute atomic E-state index is 0.00284. The first-order valence-electron chi connectivity index (χ1n) is 6.93. The number of ether oxygens (including phenoxy) is 1. The highest BCUT2D eigenvalue weighted by molar-refractivity contribution is 5.77. The molecule has 0 spiro atoms. The van der Waals surface area contributed by atoms with Crippen molar-refractivity contribution in [2.45, 2.75) is 63.1 Å². The summed E-state index contributed by atoms with van der Waals surface area (Å²) in [4.78, 5) is 23.0. The van der Waals surface area contributed by atoms with Gasteiger partial charge in [0.1, 0.15) is 0 Å². The Morgan fingerprint density at radius 3 is 2.58 bits per heavy atom. The van der Waals surface area contributed by atoms with Crippen LogP contribution in [-0.4, -0.2) is 41.4 Å². The number of carbonyl (C=O) groups is 2. The smallest absolute Gasteiger partial charge is 0.315 e. The fraction of sp³-hybridized carbons (Fsp3) is 0.846. The first-order chi connectivity index (χ1) is 9.01. The average molecular weight is 270 g/mol.